The van der Waals surface area contributed by atoms with E-state index in [-0.39, 0.29) is 5.54 Å². The molecule has 12 heavy (non-hydrogen) atoms. The van der Waals surface area contributed by atoms with Crippen molar-refractivity contribution in [2.24, 2.45) is 0 Å². The number of hydrogen-bond donors (Lipinski definition) is 1. The Labute approximate surface area is 72.2 Å². The lowest BCUT2D eigenvalue weighted by atomic mass is 9.85. The Morgan fingerprint density at radius 2 is 2.08 bits per heavy atom. The summed E-state index contributed by atoms with van der Waals surface area (Å²) in [6.45, 7) is 5.27. The van der Waals surface area contributed by atoms with Gasteiger partial charge in [-0.3, -0.25) is 9.97 Å². The first-order valence-corrected chi connectivity index (χ1v) is 4.25. The lowest BCUT2D eigenvalue weighted by Crippen LogP contribution is -2.52. The van der Waals surface area contributed by atoms with Gasteiger partial charge in [0.1, 0.15) is 0 Å². The van der Waals surface area contributed by atoms with Gasteiger partial charge in [-0.1, -0.05) is 0 Å². The third-order valence-corrected chi connectivity index (χ3v) is 2.54. The second-order valence-corrected chi connectivity index (χ2v) is 3.50. The normalized spacial score (nSPS) is 28.2. The van der Waals surface area contributed by atoms with E-state index in [1.54, 1.807) is 12.4 Å². The van der Waals surface area contributed by atoms with Crippen molar-refractivity contribution in [1.82, 2.24) is 15.3 Å². The molecule has 0 aromatic carbocycles. The van der Waals surface area contributed by atoms with Gasteiger partial charge in [-0.05, 0) is 26.8 Å². The first kappa shape index (κ1) is 7.68. The molecule has 0 bridgehead atoms. The predicted molar refractivity (Wildman–Crippen MR) is 46.7 cm³/mol. The molecule has 1 atom stereocenters. The molecule has 1 fully saturated rings. The lowest BCUT2D eigenvalue weighted by molar-refractivity contribution is 0.227. The van der Waals surface area contributed by atoms with E-state index < -0.39 is 0 Å². The molecule has 0 spiro atoms. The smallest absolute Gasteiger partial charge is 0.0814 e. The minimum atomic E-state index is 0.0817. The van der Waals surface area contributed by atoms with Crippen molar-refractivity contribution < 1.29 is 0 Å². The third kappa shape index (κ3) is 1.01. The Hall–Kier alpha value is -0.960. The zero-order valence-electron chi connectivity index (χ0n) is 7.46. The van der Waals surface area contributed by atoms with E-state index >= 15 is 0 Å². The molecule has 1 aromatic rings. The highest BCUT2D eigenvalue weighted by Gasteiger charge is 2.35. The second kappa shape index (κ2) is 2.52. The standard InChI is InChI=1S/C9H13N3/c1-7-8(11-6-5-10-7)9(2)3-4-12-9/h5-6,12H,3-4H2,1-2H3. The second-order valence-electron chi connectivity index (χ2n) is 3.50. The highest BCUT2D eigenvalue weighted by atomic mass is 15.1. The SMILES string of the molecule is Cc1nccnc1C1(C)CCN1. The van der Waals surface area contributed by atoms with Gasteiger partial charge in [0.25, 0.3) is 0 Å². The van der Waals surface area contributed by atoms with Crippen LogP contribution in [0.5, 0.6) is 0 Å². The number of nitrogens with one attached hydrogen (secondary N) is 1. The van der Waals surface area contributed by atoms with Crippen LogP contribution in [0.25, 0.3) is 0 Å². The topological polar surface area (TPSA) is 37.8 Å². The van der Waals surface area contributed by atoms with Crippen LogP contribution in [-0.2, 0) is 5.54 Å². The molecule has 1 saturated heterocycles. The van der Waals surface area contributed by atoms with Gasteiger partial charge in [-0.2, -0.15) is 0 Å². The summed E-state index contributed by atoms with van der Waals surface area (Å²) in [4.78, 5) is 8.57. The first-order chi connectivity index (χ1) is 5.72. The summed E-state index contributed by atoms with van der Waals surface area (Å²) >= 11 is 0. The maximum absolute atomic E-state index is 4.35. The van der Waals surface area contributed by atoms with Crippen LogP contribution in [0, 0.1) is 6.92 Å². The van der Waals surface area contributed by atoms with Crippen LogP contribution in [-0.4, -0.2) is 16.5 Å². The predicted octanol–water partition coefficient (Wildman–Crippen LogP) is 0.994. The van der Waals surface area contributed by atoms with Crippen molar-refractivity contribution >= 4 is 0 Å². The van der Waals surface area contributed by atoms with E-state index in [1.165, 1.54) is 0 Å². The van der Waals surface area contributed by atoms with E-state index in [9.17, 15) is 0 Å². The summed E-state index contributed by atoms with van der Waals surface area (Å²) in [6.07, 6.45) is 4.65. The average Bonchev–Trinajstić information content (AvgIpc) is 2.01. The van der Waals surface area contributed by atoms with Crippen LogP contribution in [0.15, 0.2) is 12.4 Å². The van der Waals surface area contributed by atoms with E-state index in [2.05, 4.69) is 22.2 Å². The number of aryl methyl sites for hydroxylation is 1. The Morgan fingerprint density at radius 1 is 1.42 bits per heavy atom. The lowest BCUT2D eigenvalue weighted by Gasteiger charge is -2.39. The average molecular weight is 163 g/mol. The van der Waals surface area contributed by atoms with Crippen molar-refractivity contribution in [2.75, 3.05) is 6.54 Å². The van der Waals surface area contributed by atoms with Crippen molar-refractivity contribution in [1.29, 1.82) is 0 Å². The number of nitrogens with zero attached hydrogens (tertiary/aromatic N) is 2. The summed E-state index contributed by atoms with van der Waals surface area (Å²) in [5.74, 6) is 0. The van der Waals surface area contributed by atoms with Crippen LogP contribution in [0.1, 0.15) is 24.7 Å². The third-order valence-electron chi connectivity index (χ3n) is 2.54. The Bertz CT molecular complexity index is 292. The molecule has 0 radical (unpaired) electrons. The van der Waals surface area contributed by atoms with Crippen molar-refractivity contribution in [3.8, 4) is 0 Å². The van der Waals surface area contributed by atoms with Crippen LogP contribution in [0.3, 0.4) is 0 Å². The zero-order valence-corrected chi connectivity index (χ0v) is 7.46. The molecule has 0 aliphatic carbocycles. The van der Waals surface area contributed by atoms with Crippen LogP contribution in [0.2, 0.25) is 0 Å². The van der Waals surface area contributed by atoms with Crippen molar-refractivity contribution in [3.63, 3.8) is 0 Å². The van der Waals surface area contributed by atoms with Crippen LogP contribution < -0.4 is 5.32 Å². The van der Waals surface area contributed by atoms with Crippen LogP contribution in [0.4, 0.5) is 0 Å². The molecule has 2 heterocycles. The number of aromatic nitrogens is 2. The minimum absolute atomic E-state index is 0.0817. The van der Waals surface area contributed by atoms with Gasteiger partial charge in [0.05, 0.1) is 16.9 Å². The van der Waals surface area contributed by atoms with Gasteiger partial charge in [-0.15, -0.1) is 0 Å². The van der Waals surface area contributed by atoms with Gasteiger partial charge in [0, 0.05) is 12.4 Å². The van der Waals surface area contributed by atoms with Gasteiger partial charge in [-0.25, -0.2) is 0 Å². The molecule has 1 unspecified atom stereocenters. The Morgan fingerprint density at radius 3 is 2.58 bits per heavy atom. The summed E-state index contributed by atoms with van der Waals surface area (Å²) < 4.78 is 0. The molecule has 1 aliphatic rings. The first-order valence-electron chi connectivity index (χ1n) is 4.25. The van der Waals surface area contributed by atoms with Gasteiger partial charge in [0.15, 0.2) is 0 Å². The van der Waals surface area contributed by atoms with Crippen molar-refractivity contribution in [3.05, 3.63) is 23.8 Å². The van der Waals surface area contributed by atoms with E-state index in [0.29, 0.717) is 0 Å². The quantitative estimate of drug-likeness (QED) is 0.671. The highest BCUT2D eigenvalue weighted by Crippen LogP contribution is 2.29. The van der Waals surface area contributed by atoms with E-state index in [4.69, 9.17) is 0 Å². The Balaban J connectivity index is 2.39. The van der Waals surface area contributed by atoms with E-state index in [1.807, 2.05) is 6.92 Å². The van der Waals surface area contributed by atoms with Gasteiger partial charge < -0.3 is 5.32 Å². The molecule has 2 rings (SSSR count). The Kier molecular flexibility index (Phi) is 1.61. The largest absolute Gasteiger partial charge is 0.306 e. The summed E-state index contributed by atoms with van der Waals surface area (Å²) in [6, 6.07) is 0. The molecular weight excluding hydrogens is 150 g/mol. The summed E-state index contributed by atoms with van der Waals surface area (Å²) in [5, 5.41) is 3.38. The summed E-state index contributed by atoms with van der Waals surface area (Å²) in [7, 11) is 0. The number of rotatable bonds is 1. The molecule has 1 aliphatic heterocycles. The maximum atomic E-state index is 4.35. The highest BCUT2D eigenvalue weighted by molar-refractivity contribution is 5.21. The number of hydrogen-bond acceptors (Lipinski definition) is 3. The fraction of sp³-hybridized carbons (Fsp3) is 0.556. The molecule has 0 saturated carbocycles. The fourth-order valence-corrected chi connectivity index (χ4v) is 1.65. The minimum Gasteiger partial charge on any atom is -0.306 e. The molecule has 1 aromatic heterocycles. The maximum Gasteiger partial charge on any atom is 0.0814 e. The van der Waals surface area contributed by atoms with Crippen LogP contribution >= 0.6 is 0 Å². The molecular formula is C9H13N3. The zero-order chi connectivity index (χ0) is 8.60. The monoisotopic (exact) mass is 163 g/mol. The molecule has 64 valence electrons. The molecule has 3 heteroatoms. The van der Waals surface area contributed by atoms with Gasteiger partial charge in [0.2, 0.25) is 0 Å². The molecule has 1 N–H and O–H groups in total. The fourth-order valence-electron chi connectivity index (χ4n) is 1.65. The summed E-state index contributed by atoms with van der Waals surface area (Å²) in [5.41, 5.74) is 2.21. The van der Waals surface area contributed by atoms with Crippen molar-refractivity contribution in [2.45, 2.75) is 25.8 Å². The molecule has 0 amide bonds. The molecule has 3 nitrogen and oxygen atoms in total. The van der Waals surface area contributed by atoms with Gasteiger partial charge >= 0.3 is 0 Å². The van der Waals surface area contributed by atoms with E-state index in [0.717, 1.165) is 24.4 Å².